The summed E-state index contributed by atoms with van der Waals surface area (Å²) in [5, 5.41) is 10.5. The van der Waals surface area contributed by atoms with Gasteiger partial charge in [0.05, 0.1) is 16.9 Å². The maximum atomic E-state index is 13.1. The highest BCUT2D eigenvalue weighted by Gasteiger charge is 2.31. The third-order valence-corrected chi connectivity index (χ3v) is 5.02. The molecule has 0 bridgehead atoms. The Labute approximate surface area is 167 Å². The van der Waals surface area contributed by atoms with E-state index in [2.05, 4.69) is 15.5 Å². The van der Waals surface area contributed by atoms with Crippen LogP contribution in [-0.4, -0.2) is 52.5 Å². The molecule has 3 aromatic rings. The third-order valence-electron chi connectivity index (χ3n) is 5.02. The number of aromatic amines is 1. The summed E-state index contributed by atoms with van der Waals surface area (Å²) < 4.78 is 0. The van der Waals surface area contributed by atoms with Crippen LogP contribution in [0, 0.1) is 0 Å². The molecule has 0 aliphatic carbocycles. The molecule has 29 heavy (non-hydrogen) atoms. The summed E-state index contributed by atoms with van der Waals surface area (Å²) in [4.78, 5) is 41.1. The number of aromatic nitrogens is 2. The molecule has 0 fully saturated rings. The van der Waals surface area contributed by atoms with Gasteiger partial charge in [-0.25, -0.2) is 0 Å². The molecule has 8 nitrogen and oxygen atoms in total. The van der Waals surface area contributed by atoms with Gasteiger partial charge in [0.15, 0.2) is 5.69 Å². The molecule has 0 saturated heterocycles. The van der Waals surface area contributed by atoms with Crippen molar-refractivity contribution in [2.24, 2.45) is 0 Å². The summed E-state index contributed by atoms with van der Waals surface area (Å²) >= 11 is 0. The van der Waals surface area contributed by atoms with E-state index in [4.69, 9.17) is 0 Å². The lowest BCUT2D eigenvalue weighted by Crippen LogP contribution is -2.45. The molecule has 2 aromatic carbocycles. The van der Waals surface area contributed by atoms with Crippen molar-refractivity contribution in [1.82, 2.24) is 15.1 Å². The van der Waals surface area contributed by atoms with Crippen LogP contribution in [0.3, 0.4) is 0 Å². The summed E-state index contributed by atoms with van der Waals surface area (Å²) in [5.41, 5.74) is 2.25. The molecule has 1 atom stereocenters. The Bertz CT molecular complexity index is 1110. The van der Waals surface area contributed by atoms with Gasteiger partial charge in [0.25, 0.3) is 5.91 Å². The van der Waals surface area contributed by atoms with Gasteiger partial charge in [-0.2, -0.15) is 5.10 Å². The summed E-state index contributed by atoms with van der Waals surface area (Å²) in [6, 6.07) is 14.2. The van der Waals surface area contributed by atoms with Crippen LogP contribution in [0.5, 0.6) is 0 Å². The van der Waals surface area contributed by atoms with Gasteiger partial charge >= 0.3 is 0 Å². The predicted octanol–water partition coefficient (Wildman–Crippen LogP) is 2.40. The molecule has 3 amide bonds. The van der Waals surface area contributed by atoms with Crippen LogP contribution in [0.25, 0.3) is 10.9 Å². The first-order chi connectivity index (χ1) is 14.0. The standard InChI is InChI=1S/C21H21N5O3/c1-13-11-18(27)22-16-9-5-6-10-17(16)26(13)19(28)12-25(2)21(29)20-14-7-3-4-8-15(14)23-24-20/h3-10,13H,11-12H2,1-2H3,(H,22,27)(H,23,24)/t13-/m0/s1. The predicted molar refractivity (Wildman–Crippen MR) is 110 cm³/mol. The number of amides is 3. The fraction of sp³-hybridized carbons (Fsp3) is 0.238. The minimum Gasteiger partial charge on any atom is -0.331 e. The van der Waals surface area contributed by atoms with Crippen LogP contribution in [0.2, 0.25) is 0 Å². The third kappa shape index (κ3) is 3.44. The van der Waals surface area contributed by atoms with Crippen molar-refractivity contribution >= 4 is 40.0 Å². The van der Waals surface area contributed by atoms with E-state index in [0.717, 1.165) is 5.52 Å². The zero-order valence-corrected chi connectivity index (χ0v) is 16.2. The number of H-pyrrole nitrogens is 1. The van der Waals surface area contributed by atoms with Gasteiger partial charge in [-0.1, -0.05) is 30.3 Å². The summed E-state index contributed by atoms with van der Waals surface area (Å²) in [6.07, 6.45) is 0.183. The zero-order chi connectivity index (χ0) is 20.5. The number of rotatable bonds is 3. The first-order valence-corrected chi connectivity index (χ1v) is 9.35. The first kappa shape index (κ1) is 18.7. The van der Waals surface area contributed by atoms with Crippen LogP contribution in [0.4, 0.5) is 11.4 Å². The first-order valence-electron chi connectivity index (χ1n) is 9.35. The lowest BCUT2D eigenvalue weighted by Gasteiger charge is -2.29. The molecule has 0 saturated carbocycles. The van der Waals surface area contributed by atoms with E-state index in [1.54, 1.807) is 30.1 Å². The van der Waals surface area contributed by atoms with E-state index < -0.39 is 0 Å². The Morgan fingerprint density at radius 3 is 2.72 bits per heavy atom. The molecule has 0 radical (unpaired) electrons. The summed E-state index contributed by atoms with van der Waals surface area (Å²) in [5.74, 6) is -0.759. The number of fused-ring (bicyclic) bond motifs is 2. The van der Waals surface area contributed by atoms with Crippen molar-refractivity contribution in [2.75, 3.05) is 23.8 Å². The maximum absolute atomic E-state index is 13.1. The highest BCUT2D eigenvalue weighted by Crippen LogP contribution is 2.31. The van der Waals surface area contributed by atoms with Crippen molar-refractivity contribution in [1.29, 1.82) is 0 Å². The lowest BCUT2D eigenvalue weighted by atomic mass is 10.1. The van der Waals surface area contributed by atoms with Gasteiger partial charge in [0.2, 0.25) is 11.8 Å². The number of carbonyl (C=O) groups is 3. The van der Waals surface area contributed by atoms with E-state index in [9.17, 15) is 14.4 Å². The minimum absolute atomic E-state index is 0.132. The molecular weight excluding hydrogens is 370 g/mol. The molecular formula is C21H21N5O3. The molecule has 1 aliphatic rings. The molecule has 1 aliphatic heterocycles. The number of benzene rings is 2. The number of likely N-dealkylation sites (N-methyl/N-ethyl adjacent to an activating group) is 1. The average Bonchev–Trinajstić information content (AvgIpc) is 3.07. The largest absolute Gasteiger partial charge is 0.331 e. The Morgan fingerprint density at radius 2 is 1.90 bits per heavy atom. The maximum Gasteiger partial charge on any atom is 0.275 e. The molecule has 148 valence electrons. The summed E-state index contributed by atoms with van der Waals surface area (Å²) in [7, 11) is 1.57. The van der Waals surface area contributed by atoms with Crippen molar-refractivity contribution < 1.29 is 14.4 Å². The van der Waals surface area contributed by atoms with Crippen LogP contribution in [-0.2, 0) is 9.59 Å². The molecule has 8 heteroatoms. The quantitative estimate of drug-likeness (QED) is 0.716. The topological polar surface area (TPSA) is 98.4 Å². The highest BCUT2D eigenvalue weighted by atomic mass is 16.2. The van der Waals surface area contributed by atoms with Gasteiger partial charge in [0.1, 0.15) is 6.54 Å². The number of nitrogens with zero attached hydrogens (tertiary/aromatic N) is 3. The van der Waals surface area contributed by atoms with Crippen LogP contribution in [0.1, 0.15) is 23.8 Å². The smallest absolute Gasteiger partial charge is 0.275 e. The summed E-state index contributed by atoms with van der Waals surface area (Å²) in [6.45, 7) is 1.69. The average molecular weight is 391 g/mol. The van der Waals surface area contributed by atoms with Crippen LogP contribution < -0.4 is 10.2 Å². The van der Waals surface area contributed by atoms with E-state index >= 15 is 0 Å². The molecule has 4 rings (SSSR count). The lowest BCUT2D eigenvalue weighted by molar-refractivity contribution is -0.119. The number of nitrogens with one attached hydrogen (secondary N) is 2. The van der Waals surface area contributed by atoms with Gasteiger partial charge in [-0.15, -0.1) is 0 Å². The van der Waals surface area contributed by atoms with Crippen LogP contribution in [0.15, 0.2) is 48.5 Å². The van der Waals surface area contributed by atoms with Crippen molar-refractivity contribution in [2.45, 2.75) is 19.4 Å². The van der Waals surface area contributed by atoms with Gasteiger partial charge in [-0.3, -0.25) is 19.5 Å². The number of anilines is 2. The number of hydrogen-bond donors (Lipinski definition) is 2. The van der Waals surface area contributed by atoms with E-state index in [1.807, 2.05) is 37.3 Å². The Kier molecular flexibility index (Phi) is 4.75. The minimum atomic E-state index is -0.347. The molecule has 0 unspecified atom stereocenters. The number of carbonyl (C=O) groups excluding carboxylic acids is 3. The second-order valence-corrected chi connectivity index (χ2v) is 7.16. The fourth-order valence-corrected chi connectivity index (χ4v) is 3.63. The van der Waals surface area contributed by atoms with Crippen molar-refractivity contribution in [3.05, 3.63) is 54.2 Å². The Balaban J connectivity index is 1.58. The number of para-hydroxylation sites is 3. The van der Waals surface area contributed by atoms with E-state index in [0.29, 0.717) is 16.8 Å². The van der Waals surface area contributed by atoms with Crippen molar-refractivity contribution in [3.8, 4) is 0 Å². The van der Waals surface area contributed by atoms with Crippen molar-refractivity contribution in [3.63, 3.8) is 0 Å². The molecule has 2 heterocycles. The molecule has 1 aromatic heterocycles. The molecule has 0 spiro atoms. The fourth-order valence-electron chi connectivity index (χ4n) is 3.63. The second kappa shape index (κ2) is 7.38. The monoisotopic (exact) mass is 391 g/mol. The van der Waals surface area contributed by atoms with Gasteiger partial charge in [0, 0.05) is 24.9 Å². The zero-order valence-electron chi connectivity index (χ0n) is 16.2. The Morgan fingerprint density at radius 1 is 1.17 bits per heavy atom. The van der Waals surface area contributed by atoms with Gasteiger partial charge in [-0.05, 0) is 25.1 Å². The number of hydrogen-bond acceptors (Lipinski definition) is 4. The normalized spacial score (nSPS) is 16.1. The van der Waals surface area contributed by atoms with E-state index in [1.165, 1.54) is 4.90 Å². The molecule has 2 N–H and O–H groups in total. The SMILES string of the molecule is C[C@H]1CC(=O)Nc2ccccc2N1C(=O)CN(C)C(=O)c1n[nH]c2ccccc12. The van der Waals surface area contributed by atoms with Crippen LogP contribution >= 0.6 is 0 Å². The van der Waals surface area contributed by atoms with Gasteiger partial charge < -0.3 is 15.1 Å². The Hall–Kier alpha value is -3.68. The highest BCUT2D eigenvalue weighted by molar-refractivity contribution is 6.08. The second-order valence-electron chi connectivity index (χ2n) is 7.16. The van der Waals surface area contributed by atoms with E-state index in [-0.39, 0.29) is 42.4 Å².